The van der Waals surface area contributed by atoms with Gasteiger partial charge in [0.15, 0.2) is 0 Å². The van der Waals surface area contributed by atoms with E-state index < -0.39 is 0 Å². The molecule has 0 aromatic rings. The molecular weight excluding hydrogens is 153 g/mol. The summed E-state index contributed by atoms with van der Waals surface area (Å²) in [6.45, 7) is 4.07. The zero-order chi connectivity index (χ0) is 9.36. The standard InChI is InChI=1S/C11H22N.Li/c1-2-9-12-10-7-5-3-4-6-8-11-12;/h1-11H2;. The van der Waals surface area contributed by atoms with Gasteiger partial charge in [0.1, 0.15) is 0 Å². The number of hydrogen-bond donors (Lipinski definition) is 0. The summed E-state index contributed by atoms with van der Waals surface area (Å²) in [7, 11) is 0. The van der Waals surface area contributed by atoms with E-state index in [0.29, 0.717) is 0 Å². The van der Waals surface area contributed by atoms with Crippen molar-refractivity contribution in [3.63, 3.8) is 0 Å². The van der Waals surface area contributed by atoms with Gasteiger partial charge in [-0.1, -0.05) is 0 Å². The Balaban J connectivity index is 2.16. The monoisotopic (exact) mass is 175 g/mol. The van der Waals surface area contributed by atoms with E-state index in [9.17, 15) is 0 Å². The van der Waals surface area contributed by atoms with Gasteiger partial charge in [-0.3, -0.25) is 0 Å². The maximum atomic E-state index is 2.68. The molecule has 0 amide bonds. The summed E-state index contributed by atoms with van der Waals surface area (Å²) in [6, 6.07) is 0. The van der Waals surface area contributed by atoms with Gasteiger partial charge >= 0.3 is 92.3 Å². The second kappa shape index (κ2) is 7.92. The van der Waals surface area contributed by atoms with Crippen molar-refractivity contribution >= 4 is 17.7 Å². The van der Waals surface area contributed by atoms with Crippen molar-refractivity contribution in [3.05, 3.63) is 0 Å². The molecule has 1 fully saturated rings. The van der Waals surface area contributed by atoms with Crippen molar-refractivity contribution in [1.82, 2.24) is 4.90 Å². The Hall–Kier alpha value is 0.557. The molecule has 1 heterocycles. The van der Waals surface area contributed by atoms with Gasteiger partial charge in [-0.2, -0.15) is 0 Å². The van der Waals surface area contributed by atoms with Crippen molar-refractivity contribution in [2.45, 2.75) is 50.0 Å². The van der Waals surface area contributed by atoms with Crippen LogP contribution in [0.3, 0.4) is 0 Å². The molecule has 1 nitrogen and oxygen atoms in total. The molecule has 0 saturated carbocycles. The van der Waals surface area contributed by atoms with E-state index in [2.05, 4.69) is 22.6 Å². The van der Waals surface area contributed by atoms with E-state index in [1.165, 1.54) is 69.7 Å². The van der Waals surface area contributed by atoms with Gasteiger partial charge < -0.3 is 0 Å². The molecule has 0 bridgehead atoms. The average molecular weight is 175 g/mol. The molecule has 1 saturated heterocycles. The van der Waals surface area contributed by atoms with E-state index in [4.69, 9.17) is 0 Å². The van der Waals surface area contributed by atoms with Crippen LogP contribution in [0.25, 0.3) is 0 Å². The van der Waals surface area contributed by atoms with Crippen LogP contribution in [0.2, 0.25) is 5.09 Å². The Morgan fingerprint density at radius 2 is 1.38 bits per heavy atom. The number of nitrogens with zero attached hydrogens (tertiary/aromatic N) is 1. The fourth-order valence-electron chi connectivity index (χ4n) is 2.10. The van der Waals surface area contributed by atoms with Crippen molar-refractivity contribution in [2.24, 2.45) is 0 Å². The van der Waals surface area contributed by atoms with Crippen molar-refractivity contribution < 1.29 is 0 Å². The molecule has 0 aromatic heterocycles. The molecule has 0 aromatic carbocycles. The predicted octanol–water partition coefficient (Wildman–Crippen LogP) is 2.62. The van der Waals surface area contributed by atoms with Gasteiger partial charge in [-0.15, -0.1) is 0 Å². The third kappa shape index (κ3) is 5.78. The first kappa shape index (κ1) is 11.6. The molecule has 13 heavy (non-hydrogen) atoms. The van der Waals surface area contributed by atoms with Crippen LogP contribution in [0.15, 0.2) is 0 Å². The molecule has 0 spiro atoms. The van der Waals surface area contributed by atoms with Crippen LogP contribution in [-0.4, -0.2) is 42.2 Å². The Morgan fingerprint density at radius 3 is 1.92 bits per heavy atom. The molecule has 0 unspecified atom stereocenters. The van der Waals surface area contributed by atoms with Gasteiger partial charge in [-0.05, 0) is 0 Å². The van der Waals surface area contributed by atoms with E-state index in [1.807, 2.05) is 0 Å². The van der Waals surface area contributed by atoms with Crippen LogP contribution in [-0.2, 0) is 0 Å². The fourth-order valence-corrected chi connectivity index (χ4v) is 2.10. The molecule has 0 atom stereocenters. The first-order valence-corrected chi connectivity index (χ1v) is 6.16. The zero-order valence-corrected chi connectivity index (χ0v) is 9.23. The van der Waals surface area contributed by atoms with Crippen molar-refractivity contribution in [1.29, 1.82) is 0 Å². The van der Waals surface area contributed by atoms with Gasteiger partial charge in [0.25, 0.3) is 0 Å². The van der Waals surface area contributed by atoms with Gasteiger partial charge in [-0.25, -0.2) is 0 Å². The summed E-state index contributed by atoms with van der Waals surface area (Å²) >= 11 is 2.29. The summed E-state index contributed by atoms with van der Waals surface area (Å²) in [6.07, 6.45) is 10.1. The molecule has 0 N–H and O–H groups in total. The number of rotatable bonds is 3. The quantitative estimate of drug-likeness (QED) is 0.596. The fraction of sp³-hybridized carbons (Fsp3) is 1.00. The molecule has 1 aliphatic rings. The van der Waals surface area contributed by atoms with Crippen LogP contribution >= 0.6 is 0 Å². The second-order valence-corrected chi connectivity index (χ2v) is 4.32. The summed E-state index contributed by atoms with van der Waals surface area (Å²) in [5, 5.41) is 1.34. The van der Waals surface area contributed by atoms with Crippen molar-refractivity contribution in [2.75, 3.05) is 19.6 Å². The third-order valence-electron chi connectivity index (χ3n) is 3.03. The predicted molar refractivity (Wildman–Crippen MR) is 59.3 cm³/mol. The molecule has 2 heteroatoms. The van der Waals surface area contributed by atoms with Crippen LogP contribution in [0, 0.1) is 0 Å². The minimum absolute atomic E-state index is 1.34. The summed E-state index contributed by atoms with van der Waals surface area (Å²) in [4.78, 5) is 2.68. The zero-order valence-electron chi connectivity index (χ0n) is 9.23. The number of hydrogen-bond acceptors (Lipinski definition) is 1. The molecule has 1 aliphatic heterocycles. The first-order valence-electron chi connectivity index (χ1n) is 6.16. The Labute approximate surface area is 92.5 Å². The van der Waals surface area contributed by atoms with Gasteiger partial charge in [0.2, 0.25) is 0 Å². The topological polar surface area (TPSA) is 3.24 Å². The van der Waals surface area contributed by atoms with E-state index in [1.54, 1.807) is 0 Å². The summed E-state index contributed by atoms with van der Waals surface area (Å²) < 4.78 is 0. The third-order valence-corrected chi connectivity index (χ3v) is 3.03. The Morgan fingerprint density at radius 1 is 0.846 bits per heavy atom. The minimum atomic E-state index is 1.34. The summed E-state index contributed by atoms with van der Waals surface area (Å²) in [5.74, 6) is 0. The Bertz CT molecular complexity index is 107. The summed E-state index contributed by atoms with van der Waals surface area (Å²) in [5.41, 5.74) is 0. The molecule has 72 valence electrons. The van der Waals surface area contributed by atoms with E-state index >= 15 is 0 Å². The average Bonchev–Trinajstić information content (AvgIpc) is 2.28. The maximum absolute atomic E-state index is 2.68. The van der Waals surface area contributed by atoms with Crippen molar-refractivity contribution in [3.8, 4) is 0 Å². The van der Waals surface area contributed by atoms with Crippen LogP contribution in [0.5, 0.6) is 0 Å². The second-order valence-electron chi connectivity index (χ2n) is 4.32. The Kier molecular flexibility index (Phi) is 7.08. The SMILES string of the molecule is [Li][CH2]CCN1CCCCCCCC1. The van der Waals surface area contributed by atoms with Crippen LogP contribution in [0.1, 0.15) is 44.9 Å². The molecule has 1 rings (SSSR count). The first-order chi connectivity index (χ1) is 6.43. The van der Waals surface area contributed by atoms with Gasteiger partial charge in [0, 0.05) is 0 Å². The van der Waals surface area contributed by atoms with Crippen LogP contribution < -0.4 is 0 Å². The van der Waals surface area contributed by atoms with E-state index in [0.717, 1.165) is 0 Å². The van der Waals surface area contributed by atoms with E-state index in [-0.39, 0.29) is 0 Å². The molecule has 0 radical (unpaired) electrons. The normalized spacial score (nSPS) is 22.0. The molecule has 0 aliphatic carbocycles. The molecular formula is C11H22LiN. The van der Waals surface area contributed by atoms with Gasteiger partial charge in [0.05, 0.1) is 0 Å². The van der Waals surface area contributed by atoms with Crippen LogP contribution in [0.4, 0.5) is 0 Å².